The molecule has 2 nitrogen and oxygen atoms in total. The predicted octanol–water partition coefficient (Wildman–Crippen LogP) is 3.49. The minimum atomic E-state index is -4.12. The van der Waals surface area contributed by atoms with Crippen molar-refractivity contribution in [1.82, 2.24) is 0 Å². The normalized spacial score (nSPS) is 13.4. The summed E-state index contributed by atoms with van der Waals surface area (Å²) in [5.41, 5.74) is -1.59. The fraction of sp³-hybridized carbons (Fsp3) is 0.250. The Morgan fingerprint density at radius 1 is 1.27 bits per heavy atom. The summed E-state index contributed by atoms with van der Waals surface area (Å²) >= 11 is 4.56. The fourth-order valence-electron chi connectivity index (χ4n) is 0.788. The molecule has 1 unspecified atom stereocenters. The highest BCUT2D eigenvalue weighted by atomic mass is 35.5. The Kier molecular flexibility index (Phi) is 3.62. The highest BCUT2D eigenvalue weighted by Gasteiger charge is 2.42. The quantitative estimate of drug-likeness (QED) is 0.497. The Hall–Kier alpha value is -1.17. The van der Waals surface area contributed by atoms with Gasteiger partial charge in [-0.2, -0.15) is 8.78 Å². The molecule has 0 spiro atoms. The molecular weight excluding hydrogens is 238 g/mol. The largest absolute Gasteiger partial charge is 0.444 e. The molecule has 0 aliphatic heterocycles. The van der Waals surface area contributed by atoms with Crippen LogP contribution < -0.4 is 10.3 Å². The van der Waals surface area contributed by atoms with Gasteiger partial charge < -0.3 is 4.74 Å². The molecule has 1 N–H and O–H groups in total. The molecule has 1 rings (SSSR count). The molecule has 1 aromatic carbocycles. The third-order valence-electron chi connectivity index (χ3n) is 1.47. The molecule has 0 bridgehead atoms. The van der Waals surface area contributed by atoms with Crippen molar-refractivity contribution in [2.45, 2.75) is 11.7 Å². The summed E-state index contributed by atoms with van der Waals surface area (Å²) in [6, 6.07) is 4.39. The lowest BCUT2D eigenvalue weighted by Crippen LogP contribution is -2.32. The second kappa shape index (κ2) is 4.57. The Morgan fingerprint density at radius 2 is 1.80 bits per heavy atom. The number of halogens is 5. The average Bonchev–Trinajstić information content (AvgIpc) is 2.18. The molecular formula is C8H6ClF4NO. The van der Waals surface area contributed by atoms with E-state index in [0.29, 0.717) is 0 Å². The molecule has 84 valence electrons. The van der Waals surface area contributed by atoms with E-state index in [-0.39, 0.29) is 11.4 Å². The Balaban J connectivity index is 2.73. The number of rotatable bonds is 4. The van der Waals surface area contributed by atoms with E-state index in [2.05, 4.69) is 16.3 Å². The number of nitrogens with one attached hydrogen (secondary N) is 1. The van der Waals surface area contributed by atoms with Crippen molar-refractivity contribution in [2.24, 2.45) is 0 Å². The maximum absolute atomic E-state index is 12.6. The summed E-state index contributed by atoms with van der Waals surface area (Å²) in [5.74, 6) is -0.317. The minimum Gasteiger partial charge on any atom is -0.429 e. The Bertz CT molecular complexity index is 317. The van der Waals surface area contributed by atoms with Crippen LogP contribution in [-0.4, -0.2) is 11.7 Å². The first kappa shape index (κ1) is 11.9. The SMILES string of the molecule is FNc1ccc(OC(F)(F)C(F)Cl)cc1. The summed E-state index contributed by atoms with van der Waals surface area (Å²) in [6.45, 7) is 0. The van der Waals surface area contributed by atoms with Crippen LogP contribution in [0.2, 0.25) is 0 Å². The zero-order valence-corrected chi connectivity index (χ0v) is 7.94. The van der Waals surface area contributed by atoms with Crippen LogP contribution in [0.4, 0.5) is 23.3 Å². The van der Waals surface area contributed by atoms with Gasteiger partial charge in [-0.1, -0.05) is 11.6 Å². The number of benzene rings is 1. The van der Waals surface area contributed by atoms with E-state index in [1.807, 2.05) is 0 Å². The van der Waals surface area contributed by atoms with Gasteiger partial charge in [-0.15, -0.1) is 4.48 Å². The smallest absolute Gasteiger partial charge is 0.429 e. The fourth-order valence-corrected chi connectivity index (χ4v) is 0.832. The van der Waals surface area contributed by atoms with Crippen molar-refractivity contribution in [2.75, 3.05) is 5.54 Å². The van der Waals surface area contributed by atoms with Crippen molar-refractivity contribution in [1.29, 1.82) is 0 Å². The molecule has 0 saturated carbocycles. The van der Waals surface area contributed by atoms with E-state index in [1.165, 1.54) is 5.54 Å². The van der Waals surface area contributed by atoms with Gasteiger partial charge in [0.2, 0.25) is 0 Å². The third-order valence-corrected chi connectivity index (χ3v) is 1.73. The number of ether oxygens (including phenoxy) is 1. The molecule has 0 fully saturated rings. The van der Waals surface area contributed by atoms with E-state index in [9.17, 15) is 17.7 Å². The van der Waals surface area contributed by atoms with Crippen molar-refractivity contribution in [3.63, 3.8) is 0 Å². The Labute approximate surface area is 87.7 Å². The van der Waals surface area contributed by atoms with Crippen molar-refractivity contribution < 1.29 is 22.4 Å². The van der Waals surface area contributed by atoms with E-state index in [1.54, 1.807) is 0 Å². The highest BCUT2D eigenvalue weighted by molar-refractivity contribution is 6.20. The summed E-state index contributed by atoms with van der Waals surface area (Å²) in [5, 5.41) is 0. The van der Waals surface area contributed by atoms with Crippen LogP contribution in [0, 0.1) is 0 Å². The first-order valence-corrected chi connectivity index (χ1v) is 4.21. The molecule has 1 atom stereocenters. The molecule has 0 saturated heterocycles. The standard InChI is InChI=1S/C8H6ClF4NO/c9-7(10)8(11,12)15-6-3-1-5(14-13)2-4-6/h1-4,7,14H. The minimum absolute atomic E-state index is 0.0633. The van der Waals surface area contributed by atoms with Crippen LogP contribution in [-0.2, 0) is 0 Å². The monoisotopic (exact) mass is 243 g/mol. The number of anilines is 1. The van der Waals surface area contributed by atoms with Gasteiger partial charge >= 0.3 is 6.11 Å². The summed E-state index contributed by atoms with van der Waals surface area (Å²) in [7, 11) is 0. The van der Waals surface area contributed by atoms with Gasteiger partial charge in [0, 0.05) is 0 Å². The second-order valence-corrected chi connectivity index (χ2v) is 2.97. The zero-order valence-electron chi connectivity index (χ0n) is 7.18. The van der Waals surface area contributed by atoms with Gasteiger partial charge in [-0.05, 0) is 24.3 Å². The highest BCUT2D eigenvalue weighted by Crippen LogP contribution is 2.29. The van der Waals surface area contributed by atoms with E-state index >= 15 is 0 Å². The number of hydrogen-bond acceptors (Lipinski definition) is 2. The number of hydrogen-bond donors (Lipinski definition) is 1. The molecule has 0 aliphatic carbocycles. The second-order valence-electron chi connectivity index (χ2n) is 2.58. The molecule has 0 radical (unpaired) electrons. The van der Waals surface area contributed by atoms with Crippen molar-refractivity contribution in [3.05, 3.63) is 24.3 Å². The third kappa shape index (κ3) is 3.16. The molecule has 0 aliphatic rings. The lowest BCUT2D eigenvalue weighted by atomic mass is 10.3. The molecule has 7 heteroatoms. The van der Waals surface area contributed by atoms with Gasteiger partial charge in [0.15, 0.2) is 0 Å². The zero-order chi connectivity index (χ0) is 11.5. The average molecular weight is 244 g/mol. The van der Waals surface area contributed by atoms with Gasteiger partial charge in [0.1, 0.15) is 5.75 Å². The maximum Gasteiger partial charge on any atom is 0.444 e. The van der Waals surface area contributed by atoms with Crippen LogP contribution >= 0.6 is 11.6 Å². The maximum atomic E-state index is 12.6. The van der Waals surface area contributed by atoms with Crippen LogP contribution in [0.1, 0.15) is 0 Å². The Morgan fingerprint density at radius 3 is 2.20 bits per heavy atom. The summed E-state index contributed by atoms with van der Waals surface area (Å²) in [4.78, 5) is 0. The molecule has 0 heterocycles. The van der Waals surface area contributed by atoms with Gasteiger partial charge in [0.05, 0.1) is 5.69 Å². The lowest BCUT2D eigenvalue weighted by Gasteiger charge is -2.17. The van der Waals surface area contributed by atoms with E-state index < -0.39 is 11.7 Å². The van der Waals surface area contributed by atoms with Crippen LogP contribution in [0.15, 0.2) is 24.3 Å². The molecule has 0 amide bonds. The van der Waals surface area contributed by atoms with Crippen LogP contribution in [0.25, 0.3) is 0 Å². The van der Waals surface area contributed by atoms with Gasteiger partial charge in [-0.3, -0.25) is 0 Å². The topological polar surface area (TPSA) is 21.3 Å². The first-order valence-electron chi connectivity index (χ1n) is 3.77. The predicted molar refractivity (Wildman–Crippen MR) is 47.5 cm³/mol. The van der Waals surface area contributed by atoms with Crippen LogP contribution in [0.3, 0.4) is 0 Å². The summed E-state index contributed by atoms with van der Waals surface area (Å²) in [6.07, 6.45) is -4.12. The van der Waals surface area contributed by atoms with Crippen molar-refractivity contribution in [3.8, 4) is 5.75 Å². The molecule has 15 heavy (non-hydrogen) atoms. The lowest BCUT2D eigenvalue weighted by molar-refractivity contribution is -0.199. The number of alkyl halides is 4. The molecule has 1 aromatic rings. The summed E-state index contributed by atoms with van der Waals surface area (Å²) < 4.78 is 53.1. The van der Waals surface area contributed by atoms with Crippen LogP contribution in [0.5, 0.6) is 5.75 Å². The first-order chi connectivity index (χ1) is 6.95. The van der Waals surface area contributed by atoms with Crippen molar-refractivity contribution >= 4 is 17.3 Å². The van der Waals surface area contributed by atoms with Gasteiger partial charge in [0.25, 0.3) is 5.63 Å². The van der Waals surface area contributed by atoms with E-state index in [0.717, 1.165) is 24.3 Å². The van der Waals surface area contributed by atoms with E-state index in [4.69, 9.17) is 0 Å². The van der Waals surface area contributed by atoms with Gasteiger partial charge in [-0.25, -0.2) is 9.93 Å². The molecule has 0 aromatic heterocycles.